The normalized spacial score (nSPS) is 25.3. The number of thioether (sulfide) groups is 1. The molecule has 2 unspecified atom stereocenters. The van der Waals surface area contributed by atoms with Gasteiger partial charge in [-0.2, -0.15) is 0 Å². The van der Waals surface area contributed by atoms with Crippen molar-refractivity contribution in [3.63, 3.8) is 0 Å². The number of carbonyl (C=O) groups is 1. The maximum Gasteiger partial charge on any atom is 0.413 e. The highest BCUT2D eigenvalue weighted by Crippen LogP contribution is 2.50. The number of rotatable bonds is 2. The third-order valence-electron chi connectivity index (χ3n) is 5.35. The number of fused-ring (bicyclic) bond motifs is 1. The zero-order valence-corrected chi connectivity index (χ0v) is 16.7. The van der Waals surface area contributed by atoms with E-state index in [0.29, 0.717) is 5.17 Å². The lowest BCUT2D eigenvalue weighted by Crippen LogP contribution is -2.51. The number of carboxylic acid groups (broad SMARTS) is 1. The molecular weight excluding hydrogens is 366 g/mol. The standard InChI is InChI=1S/C19H25N3O4S/c1-18(2,3)21(17(23)24)16-20-19(10-5-4-7-14(19)12-27-16)13-8-6-9-15(11-13)22(25)26/h6,8-9,11,14H,4-5,7,10,12H2,1-3H3,(H,23,24). The summed E-state index contributed by atoms with van der Waals surface area (Å²) in [7, 11) is 0. The van der Waals surface area contributed by atoms with Crippen LogP contribution >= 0.6 is 11.8 Å². The van der Waals surface area contributed by atoms with E-state index in [2.05, 4.69) is 0 Å². The number of benzene rings is 1. The number of nitrogens with zero attached hydrogens (tertiary/aromatic N) is 3. The van der Waals surface area contributed by atoms with Gasteiger partial charge in [0.25, 0.3) is 5.69 Å². The zero-order chi connectivity index (χ0) is 19.8. The van der Waals surface area contributed by atoms with Gasteiger partial charge in [-0.25, -0.2) is 4.79 Å². The van der Waals surface area contributed by atoms with Gasteiger partial charge in [0.1, 0.15) is 0 Å². The Balaban J connectivity index is 2.14. The molecule has 1 saturated carbocycles. The molecule has 27 heavy (non-hydrogen) atoms. The van der Waals surface area contributed by atoms with Crippen molar-refractivity contribution in [2.75, 3.05) is 5.75 Å². The largest absolute Gasteiger partial charge is 0.465 e. The van der Waals surface area contributed by atoms with Crippen LogP contribution < -0.4 is 0 Å². The quantitative estimate of drug-likeness (QED) is 0.573. The van der Waals surface area contributed by atoms with Gasteiger partial charge in [-0.3, -0.25) is 20.0 Å². The van der Waals surface area contributed by atoms with E-state index in [1.165, 1.54) is 22.7 Å². The number of nitro groups is 1. The molecule has 1 fully saturated rings. The minimum Gasteiger partial charge on any atom is -0.465 e. The molecule has 1 aliphatic heterocycles. The van der Waals surface area contributed by atoms with Crippen molar-refractivity contribution in [2.24, 2.45) is 10.9 Å². The van der Waals surface area contributed by atoms with E-state index in [1.54, 1.807) is 12.1 Å². The van der Waals surface area contributed by atoms with Gasteiger partial charge >= 0.3 is 6.09 Å². The second kappa shape index (κ2) is 7.14. The zero-order valence-electron chi connectivity index (χ0n) is 15.8. The molecule has 1 amide bonds. The van der Waals surface area contributed by atoms with Crippen LogP contribution in [-0.2, 0) is 5.54 Å². The maximum atomic E-state index is 11.9. The molecule has 1 N–H and O–H groups in total. The van der Waals surface area contributed by atoms with E-state index in [9.17, 15) is 20.0 Å². The average molecular weight is 391 g/mol. The van der Waals surface area contributed by atoms with Gasteiger partial charge in [-0.15, -0.1) is 0 Å². The Kier molecular flexibility index (Phi) is 5.20. The Hall–Kier alpha value is -2.09. The summed E-state index contributed by atoms with van der Waals surface area (Å²) in [6, 6.07) is 6.69. The summed E-state index contributed by atoms with van der Waals surface area (Å²) in [4.78, 5) is 29.1. The summed E-state index contributed by atoms with van der Waals surface area (Å²) in [6.07, 6.45) is 2.82. The third-order valence-corrected chi connectivity index (χ3v) is 6.46. The van der Waals surface area contributed by atoms with Gasteiger partial charge in [-0.05, 0) is 45.1 Å². The highest BCUT2D eigenvalue weighted by Gasteiger charge is 2.47. The first-order valence-corrected chi connectivity index (χ1v) is 10.1. The number of aliphatic imine (C=N–C) groups is 1. The van der Waals surface area contributed by atoms with Crippen LogP contribution in [0.4, 0.5) is 10.5 Å². The third kappa shape index (κ3) is 3.67. The lowest BCUT2D eigenvalue weighted by atomic mass is 9.70. The highest BCUT2D eigenvalue weighted by molar-refractivity contribution is 8.13. The topological polar surface area (TPSA) is 96.0 Å². The minimum absolute atomic E-state index is 0.0482. The van der Waals surface area contributed by atoms with Crippen molar-refractivity contribution >= 4 is 28.7 Å². The predicted octanol–water partition coefficient (Wildman–Crippen LogP) is 4.86. The number of nitro benzene ring substituents is 1. The number of amidine groups is 1. The fourth-order valence-corrected chi connectivity index (χ4v) is 5.58. The molecule has 1 heterocycles. The highest BCUT2D eigenvalue weighted by atomic mass is 32.2. The molecule has 146 valence electrons. The van der Waals surface area contributed by atoms with Gasteiger partial charge in [0, 0.05) is 23.4 Å². The fraction of sp³-hybridized carbons (Fsp3) is 0.579. The molecule has 0 aromatic heterocycles. The summed E-state index contributed by atoms with van der Waals surface area (Å²) in [5, 5.41) is 21.5. The van der Waals surface area contributed by atoms with Crippen molar-refractivity contribution in [1.29, 1.82) is 0 Å². The van der Waals surface area contributed by atoms with E-state index in [1.807, 2.05) is 26.8 Å². The lowest BCUT2D eigenvalue weighted by Gasteiger charge is -2.46. The van der Waals surface area contributed by atoms with Crippen LogP contribution in [0.3, 0.4) is 0 Å². The fourth-order valence-electron chi connectivity index (χ4n) is 4.08. The van der Waals surface area contributed by atoms with Gasteiger partial charge in [0.15, 0.2) is 5.17 Å². The van der Waals surface area contributed by atoms with Gasteiger partial charge in [0.2, 0.25) is 0 Å². The van der Waals surface area contributed by atoms with Crippen molar-refractivity contribution < 1.29 is 14.8 Å². The van der Waals surface area contributed by atoms with Crippen LogP contribution in [0.1, 0.15) is 52.0 Å². The second-order valence-corrected chi connectivity index (χ2v) is 9.16. The summed E-state index contributed by atoms with van der Waals surface area (Å²) in [5.74, 6) is 1.01. The van der Waals surface area contributed by atoms with Crippen LogP contribution in [0.5, 0.6) is 0 Å². The van der Waals surface area contributed by atoms with E-state index < -0.39 is 17.2 Å². The van der Waals surface area contributed by atoms with E-state index in [4.69, 9.17) is 4.99 Å². The lowest BCUT2D eigenvalue weighted by molar-refractivity contribution is -0.385. The number of non-ortho nitro benzene ring substituents is 1. The first kappa shape index (κ1) is 19.7. The van der Waals surface area contributed by atoms with Crippen LogP contribution in [0.2, 0.25) is 0 Å². The Labute approximate surface area is 163 Å². The maximum absolute atomic E-state index is 11.9. The van der Waals surface area contributed by atoms with E-state index in [-0.39, 0.29) is 16.5 Å². The first-order chi connectivity index (χ1) is 12.6. The molecule has 7 nitrogen and oxygen atoms in total. The molecule has 1 aromatic rings. The number of hydrogen-bond acceptors (Lipinski definition) is 5. The monoisotopic (exact) mass is 391 g/mol. The molecular formula is C19H25N3O4S. The van der Waals surface area contributed by atoms with Crippen molar-refractivity contribution in [3.8, 4) is 0 Å². The number of amides is 1. The van der Waals surface area contributed by atoms with Gasteiger partial charge < -0.3 is 5.11 Å². The molecule has 0 bridgehead atoms. The Morgan fingerprint density at radius 2 is 2.15 bits per heavy atom. The van der Waals surface area contributed by atoms with Gasteiger partial charge in [-0.1, -0.05) is 36.7 Å². The van der Waals surface area contributed by atoms with Crippen molar-refractivity contribution in [1.82, 2.24) is 4.90 Å². The Morgan fingerprint density at radius 3 is 2.78 bits per heavy atom. The van der Waals surface area contributed by atoms with Crippen LogP contribution in [-0.4, -0.2) is 37.5 Å². The summed E-state index contributed by atoms with van der Waals surface area (Å²) in [5.41, 5.74) is -0.349. The van der Waals surface area contributed by atoms with E-state index >= 15 is 0 Å². The molecule has 8 heteroatoms. The van der Waals surface area contributed by atoms with Crippen LogP contribution in [0.15, 0.2) is 29.3 Å². The Morgan fingerprint density at radius 1 is 1.41 bits per heavy atom. The van der Waals surface area contributed by atoms with Crippen LogP contribution in [0, 0.1) is 16.0 Å². The van der Waals surface area contributed by atoms with Crippen LogP contribution in [0.25, 0.3) is 0 Å². The molecule has 2 aliphatic rings. The minimum atomic E-state index is -1.03. The SMILES string of the molecule is CC(C)(C)N(C(=O)O)C1=NC2(c3cccc([N+](=O)[O-])c3)CCCCC2CS1. The smallest absolute Gasteiger partial charge is 0.413 e. The summed E-state index contributed by atoms with van der Waals surface area (Å²) in [6.45, 7) is 5.53. The molecule has 3 rings (SSSR count). The molecule has 1 aliphatic carbocycles. The average Bonchev–Trinajstić information content (AvgIpc) is 2.60. The Bertz CT molecular complexity index is 789. The molecule has 0 radical (unpaired) electrons. The van der Waals surface area contributed by atoms with Crippen molar-refractivity contribution in [3.05, 3.63) is 39.9 Å². The van der Waals surface area contributed by atoms with E-state index in [0.717, 1.165) is 37.0 Å². The molecule has 0 saturated heterocycles. The van der Waals surface area contributed by atoms with Crippen molar-refractivity contribution in [2.45, 2.75) is 57.5 Å². The number of hydrogen-bond donors (Lipinski definition) is 1. The van der Waals surface area contributed by atoms with Gasteiger partial charge in [0.05, 0.1) is 10.5 Å². The molecule has 1 aromatic carbocycles. The predicted molar refractivity (Wildman–Crippen MR) is 106 cm³/mol. The summed E-state index contributed by atoms with van der Waals surface area (Å²) < 4.78 is 0. The molecule has 0 spiro atoms. The first-order valence-electron chi connectivity index (χ1n) is 9.16. The second-order valence-electron chi connectivity index (χ2n) is 8.17. The molecule has 2 atom stereocenters. The summed E-state index contributed by atoms with van der Waals surface area (Å²) >= 11 is 1.48.